The fourth-order valence-corrected chi connectivity index (χ4v) is 1.33. The summed E-state index contributed by atoms with van der Waals surface area (Å²) in [4.78, 5) is 31.8. The Hall–Kier alpha value is -1.66. The van der Waals surface area contributed by atoms with Gasteiger partial charge in [0.15, 0.2) is 0 Å². The Kier molecular flexibility index (Phi) is 7.92. The molecule has 0 aliphatic rings. The Bertz CT molecular complexity index is 320. The summed E-state index contributed by atoms with van der Waals surface area (Å²) < 4.78 is 0. The summed E-state index contributed by atoms with van der Waals surface area (Å²) in [5, 5.41) is 21.7. The summed E-state index contributed by atoms with van der Waals surface area (Å²) >= 11 is 0. The molecule has 0 aromatic heterocycles. The minimum atomic E-state index is -1.13. The van der Waals surface area contributed by atoms with Crippen molar-refractivity contribution in [3.8, 4) is 0 Å². The van der Waals surface area contributed by atoms with Crippen LogP contribution in [0, 0.1) is 10.1 Å². The molecule has 0 aromatic rings. The monoisotopic (exact) mass is 264 g/mol. The van der Waals surface area contributed by atoms with Crippen LogP contribution in [0.4, 0.5) is 0 Å². The second-order valence-corrected chi connectivity index (χ2v) is 4.55. The van der Waals surface area contributed by atoms with E-state index in [2.05, 4.69) is 5.32 Å². The molecule has 1 atom stereocenters. The number of aliphatic carboxylic acids is 1. The number of rotatable bonds is 7. The minimum absolute atomic E-state index is 0. The van der Waals surface area contributed by atoms with Crippen LogP contribution in [-0.4, -0.2) is 33.5 Å². The molecule has 0 aliphatic heterocycles. The van der Waals surface area contributed by atoms with E-state index in [0.717, 1.165) is 0 Å². The number of carboxylic acids is 1. The van der Waals surface area contributed by atoms with Crippen LogP contribution < -0.4 is 5.32 Å². The molecular formula is C11H24N2O5. The van der Waals surface area contributed by atoms with Crippen LogP contribution in [0.15, 0.2) is 0 Å². The first-order chi connectivity index (χ1) is 7.66. The SMILES string of the molecule is C.CC(=O)NC(CCCC(C)(C)[N+](=O)[O-])C(=O)O.[HH]. The second-order valence-electron chi connectivity index (χ2n) is 4.55. The van der Waals surface area contributed by atoms with Gasteiger partial charge in [0.05, 0.1) is 0 Å². The molecule has 0 aliphatic carbocycles. The second kappa shape index (κ2) is 7.62. The highest BCUT2D eigenvalue weighted by atomic mass is 16.6. The van der Waals surface area contributed by atoms with Crippen molar-refractivity contribution in [2.24, 2.45) is 0 Å². The largest absolute Gasteiger partial charge is 0.480 e. The number of nitrogens with one attached hydrogen (secondary N) is 1. The predicted molar refractivity (Wildman–Crippen MR) is 69.0 cm³/mol. The van der Waals surface area contributed by atoms with Crippen LogP contribution in [0.2, 0.25) is 0 Å². The van der Waals surface area contributed by atoms with E-state index in [0.29, 0.717) is 6.42 Å². The summed E-state index contributed by atoms with van der Waals surface area (Å²) in [5.74, 6) is -1.55. The lowest BCUT2D eigenvalue weighted by Crippen LogP contribution is -2.40. The fraction of sp³-hybridized carbons (Fsp3) is 0.818. The summed E-state index contributed by atoms with van der Waals surface area (Å²) in [6.45, 7) is 4.21. The first-order valence-corrected chi connectivity index (χ1v) is 5.31. The van der Waals surface area contributed by atoms with Crippen molar-refractivity contribution < 1.29 is 21.0 Å². The van der Waals surface area contributed by atoms with Crippen LogP contribution in [-0.2, 0) is 9.59 Å². The predicted octanol–water partition coefficient (Wildman–Crippen LogP) is 1.68. The number of carboxylic acid groups (broad SMARTS) is 1. The minimum Gasteiger partial charge on any atom is -0.480 e. The quantitative estimate of drug-likeness (QED) is 0.537. The van der Waals surface area contributed by atoms with E-state index in [4.69, 9.17) is 5.11 Å². The molecule has 7 nitrogen and oxygen atoms in total. The van der Waals surface area contributed by atoms with Crippen LogP contribution in [0.1, 0.15) is 48.9 Å². The van der Waals surface area contributed by atoms with Gasteiger partial charge < -0.3 is 10.4 Å². The highest BCUT2D eigenvalue weighted by Crippen LogP contribution is 2.17. The molecule has 0 fully saturated rings. The van der Waals surface area contributed by atoms with Gasteiger partial charge in [-0.15, -0.1) is 0 Å². The molecule has 1 amide bonds. The van der Waals surface area contributed by atoms with Crippen LogP contribution in [0.25, 0.3) is 0 Å². The van der Waals surface area contributed by atoms with E-state index in [1.807, 2.05) is 0 Å². The molecule has 0 aromatic carbocycles. The van der Waals surface area contributed by atoms with Crippen molar-refractivity contribution in [3.05, 3.63) is 10.1 Å². The van der Waals surface area contributed by atoms with Gasteiger partial charge >= 0.3 is 5.97 Å². The summed E-state index contributed by atoms with van der Waals surface area (Å²) in [5.41, 5.74) is -1.07. The van der Waals surface area contributed by atoms with Gasteiger partial charge in [0.1, 0.15) is 6.04 Å². The van der Waals surface area contributed by atoms with Gasteiger partial charge in [-0.05, 0) is 12.8 Å². The molecule has 0 bridgehead atoms. The lowest BCUT2D eigenvalue weighted by atomic mass is 9.96. The number of nitrogens with zero attached hydrogens (tertiary/aromatic N) is 1. The summed E-state index contributed by atoms with van der Waals surface area (Å²) in [6, 6.07) is -0.977. The number of hydrogen-bond acceptors (Lipinski definition) is 4. The van der Waals surface area contributed by atoms with Crippen LogP contribution in [0.3, 0.4) is 0 Å². The maximum absolute atomic E-state index is 10.8. The number of nitro groups is 1. The van der Waals surface area contributed by atoms with Crippen molar-refractivity contribution in [1.82, 2.24) is 5.32 Å². The average molecular weight is 264 g/mol. The van der Waals surface area contributed by atoms with E-state index in [-0.39, 0.29) is 26.6 Å². The molecule has 0 saturated carbocycles. The van der Waals surface area contributed by atoms with Crippen LogP contribution >= 0.6 is 0 Å². The van der Waals surface area contributed by atoms with Crippen molar-refractivity contribution in [1.29, 1.82) is 0 Å². The lowest BCUT2D eigenvalue weighted by molar-refractivity contribution is -0.561. The zero-order chi connectivity index (χ0) is 13.6. The van der Waals surface area contributed by atoms with E-state index in [1.54, 1.807) is 0 Å². The average Bonchev–Trinajstić information content (AvgIpc) is 2.14. The molecule has 0 rings (SSSR count). The van der Waals surface area contributed by atoms with Gasteiger partial charge in [-0.3, -0.25) is 14.9 Å². The Labute approximate surface area is 108 Å². The molecule has 0 saturated heterocycles. The van der Waals surface area contributed by atoms with E-state index >= 15 is 0 Å². The Morgan fingerprint density at radius 3 is 2.33 bits per heavy atom. The lowest BCUT2D eigenvalue weighted by Gasteiger charge is -2.17. The van der Waals surface area contributed by atoms with Crippen molar-refractivity contribution >= 4 is 11.9 Å². The molecule has 0 radical (unpaired) electrons. The third-order valence-electron chi connectivity index (χ3n) is 2.45. The standard InChI is InChI=1S/C10H18N2O5.CH4.H2/c1-7(13)11-8(9(14)15)5-4-6-10(2,3)12(16)17;;/h8H,4-6H2,1-3H3,(H,11,13)(H,14,15);1H4;1H. The Morgan fingerprint density at radius 1 is 1.50 bits per heavy atom. The number of amides is 1. The third kappa shape index (κ3) is 6.82. The highest BCUT2D eigenvalue weighted by molar-refractivity contribution is 5.81. The zero-order valence-electron chi connectivity index (χ0n) is 10.2. The van der Waals surface area contributed by atoms with E-state index in [9.17, 15) is 19.7 Å². The van der Waals surface area contributed by atoms with Gasteiger partial charge in [0, 0.05) is 33.5 Å². The molecule has 108 valence electrons. The van der Waals surface area contributed by atoms with Crippen molar-refractivity contribution in [3.63, 3.8) is 0 Å². The number of hydrogen-bond donors (Lipinski definition) is 2. The van der Waals surface area contributed by atoms with Gasteiger partial charge in [-0.1, -0.05) is 7.43 Å². The van der Waals surface area contributed by atoms with Gasteiger partial charge in [0.2, 0.25) is 11.4 Å². The summed E-state index contributed by atoms with van der Waals surface area (Å²) in [7, 11) is 0. The molecular weight excluding hydrogens is 240 g/mol. The number of carbonyl (C=O) groups is 2. The molecule has 7 heteroatoms. The number of carbonyl (C=O) groups excluding carboxylic acids is 1. The Balaban J connectivity index is -0.00000128. The smallest absolute Gasteiger partial charge is 0.326 e. The van der Waals surface area contributed by atoms with Gasteiger partial charge in [0.25, 0.3) is 0 Å². The highest BCUT2D eigenvalue weighted by Gasteiger charge is 2.30. The van der Waals surface area contributed by atoms with Gasteiger partial charge in [-0.2, -0.15) is 0 Å². The molecule has 18 heavy (non-hydrogen) atoms. The maximum atomic E-state index is 10.8. The van der Waals surface area contributed by atoms with Crippen LogP contribution in [0.5, 0.6) is 0 Å². The molecule has 1 unspecified atom stereocenters. The van der Waals surface area contributed by atoms with Gasteiger partial charge in [-0.25, -0.2) is 4.79 Å². The topological polar surface area (TPSA) is 110 Å². The van der Waals surface area contributed by atoms with Crippen molar-refractivity contribution in [2.75, 3.05) is 0 Å². The van der Waals surface area contributed by atoms with Crippen molar-refractivity contribution in [2.45, 2.75) is 59.0 Å². The first kappa shape index (κ1) is 18.7. The molecule has 0 heterocycles. The third-order valence-corrected chi connectivity index (χ3v) is 2.45. The zero-order valence-corrected chi connectivity index (χ0v) is 10.2. The fourth-order valence-electron chi connectivity index (χ4n) is 1.33. The molecule has 2 N–H and O–H groups in total. The van der Waals surface area contributed by atoms with E-state index in [1.165, 1.54) is 20.8 Å². The first-order valence-electron chi connectivity index (χ1n) is 5.31. The summed E-state index contributed by atoms with van der Waals surface area (Å²) in [6.07, 6.45) is 0.820. The normalized spacial score (nSPS) is 12.2. The maximum Gasteiger partial charge on any atom is 0.326 e. The van der Waals surface area contributed by atoms with E-state index < -0.39 is 23.5 Å². The molecule has 0 spiro atoms. The Morgan fingerprint density at radius 2 is 2.00 bits per heavy atom.